The molecule has 2 bridgehead atoms. The Hall–Kier alpha value is -2.34. The second kappa shape index (κ2) is 9.13. The van der Waals surface area contributed by atoms with Crippen LogP contribution in [0.2, 0.25) is 0 Å². The maximum atomic E-state index is 12.7. The predicted molar refractivity (Wildman–Crippen MR) is 127 cm³/mol. The van der Waals surface area contributed by atoms with Crippen molar-refractivity contribution in [1.29, 1.82) is 0 Å². The molecule has 0 spiro atoms. The van der Waals surface area contributed by atoms with Crippen LogP contribution in [0.5, 0.6) is 5.75 Å². The van der Waals surface area contributed by atoms with Gasteiger partial charge in [0.25, 0.3) is 0 Å². The Morgan fingerprint density at radius 2 is 1.64 bits per heavy atom. The van der Waals surface area contributed by atoms with Crippen molar-refractivity contribution in [2.24, 2.45) is 0 Å². The molecular formula is C27H36N2O4. The molecule has 5 rings (SSSR count). The van der Waals surface area contributed by atoms with Gasteiger partial charge in [-0.15, -0.1) is 0 Å². The molecule has 2 saturated heterocycles. The van der Waals surface area contributed by atoms with E-state index in [9.17, 15) is 4.79 Å². The van der Waals surface area contributed by atoms with Gasteiger partial charge in [-0.25, -0.2) is 4.79 Å². The third-order valence-corrected chi connectivity index (χ3v) is 7.24. The Morgan fingerprint density at radius 1 is 0.939 bits per heavy atom. The van der Waals surface area contributed by atoms with E-state index in [0.29, 0.717) is 0 Å². The molecule has 1 aromatic carbocycles. The van der Waals surface area contributed by atoms with Gasteiger partial charge in [0.1, 0.15) is 11.4 Å². The Labute approximate surface area is 196 Å². The summed E-state index contributed by atoms with van der Waals surface area (Å²) in [6.07, 6.45) is 12.3. The van der Waals surface area contributed by atoms with Crippen molar-refractivity contribution in [3.63, 3.8) is 0 Å². The van der Waals surface area contributed by atoms with E-state index in [1.165, 1.54) is 0 Å². The third-order valence-electron chi connectivity index (χ3n) is 7.24. The minimum Gasteiger partial charge on any atom is -0.490 e. The Morgan fingerprint density at radius 3 is 2.33 bits per heavy atom. The van der Waals surface area contributed by atoms with Crippen molar-refractivity contribution in [2.45, 2.75) is 108 Å². The van der Waals surface area contributed by atoms with Gasteiger partial charge in [-0.3, -0.25) is 4.98 Å². The highest BCUT2D eigenvalue weighted by atomic mass is 16.6. The number of hydrogen-bond acceptors (Lipinski definition) is 5. The lowest BCUT2D eigenvalue weighted by Gasteiger charge is -2.41. The summed E-state index contributed by atoms with van der Waals surface area (Å²) >= 11 is 0. The number of ether oxygens (including phenoxy) is 3. The Bertz CT molecular complexity index is 960. The molecule has 1 aromatic heterocycles. The first-order valence-corrected chi connectivity index (χ1v) is 12.5. The summed E-state index contributed by atoms with van der Waals surface area (Å²) in [5, 5.41) is 2.23. The van der Waals surface area contributed by atoms with Crippen molar-refractivity contribution in [3.8, 4) is 5.75 Å². The fraction of sp³-hybridized carbons (Fsp3) is 0.630. The number of nitrogens with zero attached hydrogens (tertiary/aromatic N) is 2. The molecule has 33 heavy (non-hydrogen) atoms. The second-order valence-electron chi connectivity index (χ2n) is 10.9. The fourth-order valence-electron chi connectivity index (χ4n) is 5.78. The van der Waals surface area contributed by atoms with Crippen LogP contribution in [0.4, 0.5) is 4.79 Å². The van der Waals surface area contributed by atoms with E-state index in [0.717, 1.165) is 67.9 Å². The average Bonchev–Trinajstić information content (AvgIpc) is 3.05. The monoisotopic (exact) mass is 452 g/mol. The van der Waals surface area contributed by atoms with Gasteiger partial charge in [0.15, 0.2) is 0 Å². The molecule has 1 aliphatic carbocycles. The van der Waals surface area contributed by atoms with Gasteiger partial charge in [-0.2, -0.15) is 0 Å². The number of hydrogen-bond donors (Lipinski definition) is 0. The number of rotatable bonds is 4. The van der Waals surface area contributed by atoms with E-state index in [-0.39, 0.29) is 36.5 Å². The normalized spacial score (nSPS) is 29.8. The molecule has 3 aliphatic rings. The molecule has 6 nitrogen and oxygen atoms in total. The molecule has 1 unspecified atom stereocenters. The zero-order chi connectivity index (χ0) is 23.0. The van der Waals surface area contributed by atoms with Crippen LogP contribution in [0.25, 0.3) is 10.8 Å². The number of pyridine rings is 1. The van der Waals surface area contributed by atoms with E-state index >= 15 is 0 Å². The Balaban J connectivity index is 1.12. The van der Waals surface area contributed by atoms with Crippen molar-refractivity contribution >= 4 is 16.9 Å². The van der Waals surface area contributed by atoms with Gasteiger partial charge < -0.3 is 19.1 Å². The molecule has 1 amide bonds. The zero-order valence-corrected chi connectivity index (χ0v) is 20.0. The summed E-state index contributed by atoms with van der Waals surface area (Å²) in [7, 11) is 0. The van der Waals surface area contributed by atoms with E-state index in [4.69, 9.17) is 14.2 Å². The smallest absolute Gasteiger partial charge is 0.410 e. The van der Waals surface area contributed by atoms with Gasteiger partial charge in [-0.05, 0) is 89.7 Å². The number of amides is 1. The molecule has 6 heteroatoms. The molecule has 3 atom stereocenters. The highest BCUT2D eigenvalue weighted by Crippen LogP contribution is 2.39. The number of carbonyl (C=O) groups excluding carboxylic acids is 1. The summed E-state index contributed by atoms with van der Waals surface area (Å²) in [6.45, 7) is 5.79. The van der Waals surface area contributed by atoms with Gasteiger partial charge >= 0.3 is 6.09 Å². The van der Waals surface area contributed by atoms with E-state index in [1.807, 2.05) is 56.3 Å². The Kier molecular flexibility index (Phi) is 6.21. The molecule has 178 valence electrons. The highest BCUT2D eigenvalue weighted by Gasteiger charge is 2.45. The first kappa shape index (κ1) is 22.5. The van der Waals surface area contributed by atoms with E-state index in [1.54, 1.807) is 0 Å². The zero-order valence-electron chi connectivity index (χ0n) is 20.0. The summed E-state index contributed by atoms with van der Waals surface area (Å²) in [6, 6.07) is 8.71. The number of carbonyl (C=O) groups is 1. The minimum atomic E-state index is -0.451. The van der Waals surface area contributed by atoms with Crippen LogP contribution in [0.3, 0.4) is 0 Å². The number of fused-ring (bicyclic) bond motifs is 3. The SMILES string of the molecule is CC(C)(C)OC(=O)N1[C@@H]2CC[C@H]1CC(OC1CCC(Oc3cccc4ccncc34)CC1)C2. The molecule has 0 radical (unpaired) electrons. The quantitative estimate of drug-likeness (QED) is 0.580. The number of benzene rings is 1. The topological polar surface area (TPSA) is 60.9 Å². The lowest BCUT2D eigenvalue weighted by molar-refractivity contribution is -0.0812. The van der Waals surface area contributed by atoms with Crippen LogP contribution in [0.15, 0.2) is 36.7 Å². The van der Waals surface area contributed by atoms with Crippen molar-refractivity contribution in [1.82, 2.24) is 9.88 Å². The maximum absolute atomic E-state index is 12.7. The fourth-order valence-corrected chi connectivity index (χ4v) is 5.78. The minimum absolute atomic E-state index is 0.158. The van der Waals surface area contributed by atoms with Gasteiger partial charge in [0.2, 0.25) is 0 Å². The van der Waals surface area contributed by atoms with Crippen molar-refractivity contribution in [3.05, 3.63) is 36.7 Å². The molecule has 1 saturated carbocycles. The lowest BCUT2D eigenvalue weighted by atomic mass is 9.93. The van der Waals surface area contributed by atoms with Gasteiger partial charge in [0, 0.05) is 29.9 Å². The van der Waals surface area contributed by atoms with E-state index < -0.39 is 5.60 Å². The van der Waals surface area contributed by atoms with Crippen molar-refractivity contribution in [2.75, 3.05) is 0 Å². The second-order valence-corrected chi connectivity index (χ2v) is 10.9. The van der Waals surface area contributed by atoms with Crippen LogP contribution < -0.4 is 4.74 Å². The molecule has 2 aliphatic heterocycles. The summed E-state index contributed by atoms with van der Waals surface area (Å²) < 4.78 is 18.6. The largest absolute Gasteiger partial charge is 0.490 e. The van der Waals surface area contributed by atoms with Crippen LogP contribution in [-0.2, 0) is 9.47 Å². The summed E-state index contributed by atoms with van der Waals surface area (Å²) in [5.74, 6) is 0.927. The van der Waals surface area contributed by atoms with Gasteiger partial charge in [-0.1, -0.05) is 12.1 Å². The summed E-state index contributed by atoms with van der Waals surface area (Å²) in [4.78, 5) is 18.9. The molecule has 3 heterocycles. The van der Waals surface area contributed by atoms with E-state index in [2.05, 4.69) is 11.1 Å². The van der Waals surface area contributed by atoms with Crippen LogP contribution in [0.1, 0.15) is 72.1 Å². The average molecular weight is 453 g/mol. The molecule has 3 fully saturated rings. The standard InChI is InChI=1S/C27H36N2O4/c1-27(2,3)33-26(30)29-19-7-8-20(29)16-23(15-19)31-21-9-11-22(12-10-21)32-25-6-4-5-18-13-14-28-17-24(18)25/h4-6,13-14,17,19-23H,7-12,15-16H2,1-3H3/t19-,20+,21?,22?,23?. The van der Waals surface area contributed by atoms with Gasteiger partial charge in [0.05, 0.1) is 18.3 Å². The molecule has 2 aromatic rings. The number of piperidine rings is 1. The first-order valence-electron chi connectivity index (χ1n) is 12.5. The molecule has 0 N–H and O–H groups in total. The van der Waals surface area contributed by atoms with Crippen LogP contribution in [0, 0.1) is 0 Å². The predicted octanol–water partition coefficient (Wildman–Crippen LogP) is 5.87. The molecular weight excluding hydrogens is 416 g/mol. The van der Waals surface area contributed by atoms with Crippen LogP contribution in [-0.4, -0.2) is 52.0 Å². The summed E-state index contributed by atoms with van der Waals surface area (Å²) in [5.41, 5.74) is -0.451. The number of aromatic nitrogens is 1. The highest BCUT2D eigenvalue weighted by molar-refractivity contribution is 5.87. The lowest BCUT2D eigenvalue weighted by Crippen LogP contribution is -2.50. The van der Waals surface area contributed by atoms with Crippen molar-refractivity contribution < 1.29 is 19.0 Å². The van der Waals surface area contributed by atoms with Crippen LogP contribution >= 0.6 is 0 Å². The first-order chi connectivity index (χ1) is 15.9. The maximum Gasteiger partial charge on any atom is 0.410 e. The third kappa shape index (κ3) is 5.11.